The normalized spacial score (nSPS) is 34.2. The maximum Gasteiger partial charge on any atom is 0.311 e. The van der Waals surface area contributed by atoms with E-state index in [-0.39, 0.29) is 37.5 Å². The maximum atomic E-state index is 14.7. The van der Waals surface area contributed by atoms with E-state index in [1.54, 1.807) is 15.9 Å². The summed E-state index contributed by atoms with van der Waals surface area (Å²) in [5.74, 6) is -2.57. The molecular weight excluding hydrogens is 524 g/mol. The van der Waals surface area contributed by atoms with Crippen LogP contribution in [0, 0.1) is 24.7 Å². The molecule has 7 atom stereocenters. The smallest absolute Gasteiger partial charge is 0.311 e. The van der Waals surface area contributed by atoms with Gasteiger partial charge in [0, 0.05) is 11.3 Å². The van der Waals surface area contributed by atoms with Gasteiger partial charge >= 0.3 is 5.97 Å². The molecule has 0 aromatic heterocycles. The zero-order valence-corrected chi connectivity index (χ0v) is 23.8. The molecule has 204 valence electrons. The lowest BCUT2D eigenvalue weighted by molar-refractivity contribution is -0.155. The Morgan fingerprint density at radius 3 is 2.63 bits per heavy atom. The van der Waals surface area contributed by atoms with Gasteiger partial charge in [-0.05, 0) is 37.8 Å². The Labute approximate surface area is 233 Å². The molecule has 4 heterocycles. The third-order valence-corrected chi connectivity index (χ3v) is 10.9. The Hall–Kier alpha value is -2.29. The quantitative estimate of drug-likeness (QED) is 0.431. The summed E-state index contributed by atoms with van der Waals surface area (Å²) < 4.78 is 3.87. The topological polar surface area (TPSA) is 87.2 Å². The Kier molecular flexibility index (Phi) is 7.20. The van der Waals surface area contributed by atoms with E-state index in [0.717, 1.165) is 12.0 Å². The molecule has 1 aromatic carbocycles. The lowest BCUT2D eigenvalue weighted by atomic mass is 9.74. The summed E-state index contributed by atoms with van der Waals surface area (Å²) in [6, 6.07) is 4.01. The second-order valence-electron chi connectivity index (χ2n) is 11.0. The summed E-state index contributed by atoms with van der Waals surface area (Å²) in [4.78, 5) is 45.9. The Bertz CT molecular complexity index is 1200. The van der Waals surface area contributed by atoms with Gasteiger partial charge in [-0.15, -0.1) is 11.8 Å². The van der Waals surface area contributed by atoms with E-state index in [2.05, 4.69) is 0 Å². The molecule has 38 heavy (non-hydrogen) atoms. The van der Waals surface area contributed by atoms with Gasteiger partial charge in [-0.2, -0.15) is 0 Å². The van der Waals surface area contributed by atoms with Gasteiger partial charge in [-0.3, -0.25) is 14.4 Å². The van der Waals surface area contributed by atoms with Crippen molar-refractivity contribution in [3.63, 3.8) is 0 Å². The molecule has 1 aromatic rings. The Balaban J connectivity index is 1.72. The number of para-hydroxylation sites is 1. The predicted molar refractivity (Wildman–Crippen MR) is 149 cm³/mol. The van der Waals surface area contributed by atoms with Crippen molar-refractivity contribution in [2.75, 3.05) is 24.7 Å². The summed E-state index contributed by atoms with van der Waals surface area (Å²) >= 11 is 8.13. The lowest BCUT2D eigenvalue weighted by Crippen LogP contribution is -2.58. The average molecular weight is 559 g/mol. The van der Waals surface area contributed by atoms with Crippen LogP contribution in [0.5, 0.6) is 0 Å². The number of likely N-dealkylation sites (tertiary alicyclic amines) is 1. The number of carbonyl (C=O) groups is 3. The third kappa shape index (κ3) is 3.94. The fraction of sp³-hybridized carbons (Fsp3) is 0.552. The molecule has 0 bridgehead atoms. The molecule has 5 rings (SSSR count). The van der Waals surface area contributed by atoms with Crippen molar-refractivity contribution < 1.29 is 24.2 Å². The summed E-state index contributed by atoms with van der Waals surface area (Å²) in [6.45, 7) is 8.11. The molecule has 4 aliphatic rings. The van der Waals surface area contributed by atoms with E-state index < -0.39 is 39.4 Å². The molecule has 0 aliphatic carbocycles. The number of cyclic esters (lactones) is 1. The number of hydrogen-bond acceptors (Lipinski definition) is 6. The number of rotatable bonds is 5. The van der Waals surface area contributed by atoms with Crippen LogP contribution < -0.4 is 4.90 Å². The standard InChI is InChI=1S/C29H35ClN2O5S/c1-5-17(2)20(16-33)32-24-26(35)31(23-18(3)10-8-11-19(23)30)14-9-13-29(24)21(25(32)34)22-27(36)37-15-7-6-12-28(22,4)38-29/h6,8-13,17,20-22,24,33H,5,7,14-16H2,1-4H3/t17-,20-,21-,22+,24?,28-,29-/m0/s1. The number of halogens is 1. The molecule has 2 saturated heterocycles. The molecule has 0 radical (unpaired) electrons. The molecule has 9 heteroatoms. The van der Waals surface area contributed by atoms with Gasteiger partial charge in [-0.1, -0.05) is 68.3 Å². The summed E-state index contributed by atoms with van der Waals surface area (Å²) in [5, 5.41) is 11.0. The minimum atomic E-state index is -1.01. The first-order valence-electron chi connectivity index (χ1n) is 13.3. The monoisotopic (exact) mass is 558 g/mol. The van der Waals surface area contributed by atoms with Gasteiger partial charge in [-0.25, -0.2) is 0 Å². The highest BCUT2D eigenvalue weighted by Gasteiger charge is 2.74. The number of nitrogens with zero attached hydrogens (tertiary/aromatic N) is 2. The van der Waals surface area contributed by atoms with Crippen LogP contribution in [-0.4, -0.2) is 69.1 Å². The highest BCUT2D eigenvalue weighted by Crippen LogP contribution is 2.66. The number of carbonyl (C=O) groups excluding carboxylic acids is 3. The zero-order chi connectivity index (χ0) is 27.4. The van der Waals surface area contributed by atoms with E-state index in [1.807, 2.05) is 64.1 Å². The first-order valence-corrected chi connectivity index (χ1v) is 14.5. The van der Waals surface area contributed by atoms with Crippen molar-refractivity contribution >= 4 is 46.8 Å². The van der Waals surface area contributed by atoms with Gasteiger partial charge in [0.15, 0.2) is 0 Å². The molecular formula is C29H35ClN2O5S. The SMILES string of the molecule is CC[C@H](C)[C@H](CO)N1C(=O)[C@@H]2[C@@H]3C(=O)OCCC=C[C@]3(C)S[C@@]23C=CCN(c2c(C)cccc2Cl)C(=O)C13. The average Bonchev–Trinajstić information content (AvgIpc) is 3.19. The zero-order valence-electron chi connectivity index (χ0n) is 22.2. The van der Waals surface area contributed by atoms with Crippen LogP contribution in [-0.2, 0) is 19.1 Å². The molecule has 2 fully saturated rings. The Morgan fingerprint density at radius 2 is 1.95 bits per heavy atom. The number of aliphatic hydroxyl groups excluding tert-OH is 1. The van der Waals surface area contributed by atoms with Crippen LogP contribution in [0.25, 0.3) is 0 Å². The van der Waals surface area contributed by atoms with Gasteiger partial charge in [0.1, 0.15) is 6.04 Å². The van der Waals surface area contributed by atoms with Crippen molar-refractivity contribution in [1.29, 1.82) is 0 Å². The van der Waals surface area contributed by atoms with E-state index in [9.17, 15) is 19.5 Å². The predicted octanol–water partition coefficient (Wildman–Crippen LogP) is 4.15. The van der Waals surface area contributed by atoms with Crippen LogP contribution in [0.1, 0.15) is 39.2 Å². The van der Waals surface area contributed by atoms with Crippen LogP contribution in [0.15, 0.2) is 42.5 Å². The van der Waals surface area contributed by atoms with Gasteiger partial charge in [0.2, 0.25) is 5.91 Å². The molecule has 1 spiro atoms. The van der Waals surface area contributed by atoms with Crippen molar-refractivity contribution in [3.8, 4) is 0 Å². The van der Waals surface area contributed by atoms with E-state index >= 15 is 0 Å². The molecule has 1 unspecified atom stereocenters. The van der Waals surface area contributed by atoms with Crippen molar-refractivity contribution in [2.45, 2.75) is 62.1 Å². The maximum absolute atomic E-state index is 14.7. The van der Waals surface area contributed by atoms with Crippen LogP contribution in [0.4, 0.5) is 5.69 Å². The van der Waals surface area contributed by atoms with Crippen molar-refractivity contribution in [3.05, 3.63) is 53.1 Å². The van der Waals surface area contributed by atoms with E-state index in [4.69, 9.17) is 16.3 Å². The lowest BCUT2D eigenvalue weighted by Gasteiger charge is -2.41. The van der Waals surface area contributed by atoms with E-state index in [1.165, 1.54) is 11.8 Å². The van der Waals surface area contributed by atoms with E-state index in [0.29, 0.717) is 17.1 Å². The third-order valence-electron chi connectivity index (χ3n) is 8.76. The number of hydrogen-bond donors (Lipinski definition) is 1. The van der Waals surface area contributed by atoms with Crippen molar-refractivity contribution in [2.24, 2.45) is 17.8 Å². The fourth-order valence-electron chi connectivity index (χ4n) is 6.76. The number of aryl methyl sites for hydroxylation is 1. The minimum Gasteiger partial charge on any atom is -0.465 e. The Morgan fingerprint density at radius 1 is 1.18 bits per heavy atom. The first-order chi connectivity index (χ1) is 18.1. The number of aliphatic hydroxyl groups is 1. The molecule has 0 saturated carbocycles. The second-order valence-corrected chi connectivity index (χ2v) is 13.2. The van der Waals surface area contributed by atoms with Gasteiger partial charge in [0.05, 0.1) is 46.5 Å². The number of thioether (sulfide) groups is 1. The number of fused-ring (bicyclic) bond motifs is 2. The van der Waals surface area contributed by atoms with Gasteiger partial charge < -0.3 is 19.6 Å². The van der Waals surface area contributed by atoms with Crippen LogP contribution >= 0.6 is 23.4 Å². The molecule has 7 nitrogen and oxygen atoms in total. The minimum absolute atomic E-state index is 0.0593. The highest BCUT2D eigenvalue weighted by atomic mass is 35.5. The number of amides is 2. The number of esters is 1. The number of anilines is 1. The molecule has 2 amide bonds. The number of ether oxygens (including phenoxy) is 1. The van der Waals surface area contributed by atoms with Gasteiger partial charge in [0.25, 0.3) is 5.91 Å². The summed E-state index contributed by atoms with van der Waals surface area (Å²) in [5.41, 5.74) is 1.46. The second kappa shape index (κ2) is 10.0. The van der Waals surface area contributed by atoms with Crippen LogP contribution in [0.2, 0.25) is 5.02 Å². The largest absolute Gasteiger partial charge is 0.465 e. The fourth-order valence-corrected chi connectivity index (χ4v) is 9.23. The molecule has 1 N–H and O–H groups in total. The molecule has 4 aliphatic heterocycles. The number of benzene rings is 1. The highest BCUT2D eigenvalue weighted by molar-refractivity contribution is 8.02. The first kappa shape index (κ1) is 27.3. The van der Waals surface area contributed by atoms with Crippen LogP contribution in [0.3, 0.4) is 0 Å². The summed E-state index contributed by atoms with van der Waals surface area (Å²) in [6.07, 6.45) is 9.23. The van der Waals surface area contributed by atoms with Crippen molar-refractivity contribution in [1.82, 2.24) is 4.90 Å². The summed E-state index contributed by atoms with van der Waals surface area (Å²) in [7, 11) is 0.